The summed E-state index contributed by atoms with van der Waals surface area (Å²) in [5.41, 5.74) is 2.48. The summed E-state index contributed by atoms with van der Waals surface area (Å²) in [5, 5.41) is 3.36. The number of nitrogens with zero attached hydrogens (tertiary/aromatic N) is 2. The molecule has 1 aliphatic heterocycles. The molecular weight excluding hydrogens is 469 g/mol. The van der Waals surface area contributed by atoms with E-state index in [9.17, 15) is 13.2 Å². The number of hydrogen-bond acceptors (Lipinski definition) is 4. The van der Waals surface area contributed by atoms with E-state index >= 15 is 0 Å². The summed E-state index contributed by atoms with van der Waals surface area (Å²) in [6.07, 6.45) is 4.89. The number of sulfonamides is 1. The molecule has 0 aromatic heterocycles. The van der Waals surface area contributed by atoms with Crippen LogP contribution in [0.15, 0.2) is 42.5 Å². The molecule has 0 saturated carbocycles. The Balaban J connectivity index is 1.62. The van der Waals surface area contributed by atoms with Gasteiger partial charge in [-0.25, -0.2) is 8.42 Å². The van der Waals surface area contributed by atoms with Gasteiger partial charge in [0.2, 0.25) is 15.9 Å². The lowest BCUT2D eigenvalue weighted by molar-refractivity contribution is -0.122. The van der Waals surface area contributed by atoms with E-state index < -0.39 is 22.0 Å². The number of nitrogens with one attached hydrogen (secondary N) is 1. The van der Waals surface area contributed by atoms with Crippen LogP contribution in [0.1, 0.15) is 37.3 Å². The highest BCUT2D eigenvalue weighted by Crippen LogP contribution is 2.29. The lowest BCUT2D eigenvalue weighted by Crippen LogP contribution is -2.47. The van der Waals surface area contributed by atoms with Crippen molar-refractivity contribution >= 4 is 44.8 Å². The molecule has 0 radical (unpaired) electrons. The molecule has 32 heavy (non-hydrogen) atoms. The van der Waals surface area contributed by atoms with Crippen LogP contribution >= 0.6 is 23.2 Å². The third kappa shape index (κ3) is 6.61. The SMILES string of the molecule is C[C@H](C(=O)NCc1ccc(CN2CCCCC2)cc1)N(c1ccc(Cl)c(Cl)c1)S(C)(=O)=O. The molecule has 1 saturated heterocycles. The molecule has 2 aromatic carbocycles. The molecule has 174 valence electrons. The lowest BCUT2D eigenvalue weighted by atomic mass is 10.1. The summed E-state index contributed by atoms with van der Waals surface area (Å²) in [7, 11) is -3.73. The first kappa shape index (κ1) is 24.8. The summed E-state index contributed by atoms with van der Waals surface area (Å²) in [6.45, 7) is 5.08. The molecular formula is C23H29Cl2N3O3S. The van der Waals surface area contributed by atoms with Crippen LogP contribution in [0.5, 0.6) is 0 Å². The quantitative estimate of drug-likeness (QED) is 0.584. The third-order valence-corrected chi connectivity index (χ3v) is 7.57. The Morgan fingerprint density at radius 3 is 2.25 bits per heavy atom. The fourth-order valence-corrected chi connectivity index (χ4v) is 5.37. The second-order valence-electron chi connectivity index (χ2n) is 8.20. The molecule has 1 amide bonds. The Morgan fingerprint density at radius 2 is 1.66 bits per heavy atom. The predicted octanol–water partition coefficient (Wildman–Crippen LogP) is 4.45. The fourth-order valence-electron chi connectivity index (χ4n) is 3.91. The monoisotopic (exact) mass is 497 g/mol. The number of rotatable bonds is 8. The Kier molecular flexibility index (Phi) is 8.44. The molecule has 0 bridgehead atoms. The van der Waals surface area contributed by atoms with Gasteiger partial charge >= 0.3 is 0 Å². The minimum Gasteiger partial charge on any atom is -0.350 e. The number of benzene rings is 2. The van der Waals surface area contributed by atoms with Crippen molar-refractivity contribution in [1.29, 1.82) is 0 Å². The van der Waals surface area contributed by atoms with Crippen molar-refractivity contribution in [2.24, 2.45) is 0 Å². The molecule has 3 rings (SSSR count). The van der Waals surface area contributed by atoms with E-state index in [0.29, 0.717) is 11.6 Å². The second kappa shape index (κ2) is 10.9. The molecule has 0 aliphatic carbocycles. The van der Waals surface area contributed by atoms with Crippen LogP contribution in [0, 0.1) is 0 Å². The van der Waals surface area contributed by atoms with Crippen LogP contribution < -0.4 is 9.62 Å². The topological polar surface area (TPSA) is 69.7 Å². The van der Waals surface area contributed by atoms with Crippen molar-refractivity contribution in [2.45, 2.75) is 45.3 Å². The minimum absolute atomic E-state index is 0.218. The van der Waals surface area contributed by atoms with Crippen molar-refractivity contribution in [1.82, 2.24) is 10.2 Å². The Labute approximate surface area is 200 Å². The van der Waals surface area contributed by atoms with Crippen molar-refractivity contribution in [3.63, 3.8) is 0 Å². The highest BCUT2D eigenvalue weighted by Gasteiger charge is 2.29. The second-order valence-corrected chi connectivity index (χ2v) is 10.9. The summed E-state index contributed by atoms with van der Waals surface area (Å²) in [4.78, 5) is 15.2. The zero-order valence-electron chi connectivity index (χ0n) is 18.4. The van der Waals surface area contributed by atoms with E-state index in [4.69, 9.17) is 23.2 Å². The zero-order valence-corrected chi connectivity index (χ0v) is 20.7. The van der Waals surface area contributed by atoms with Crippen LogP contribution in [0.2, 0.25) is 10.0 Å². The van der Waals surface area contributed by atoms with Crippen molar-refractivity contribution in [2.75, 3.05) is 23.7 Å². The standard InChI is InChI=1S/C23H29Cl2N3O3S/c1-17(28(32(2,30)31)20-10-11-21(24)22(25)14-20)23(29)26-15-18-6-8-19(9-7-18)16-27-12-4-3-5-13-27/h6-11,14,17H,3-5,12-13,15-16H2,1-2H3,(H,26,29)/t17-/m1/s1. The maximum Gasteiger partial charge on any atom is 0.243 e. The summed E-state index contributed by atoms with van der Waals surface area (Å²) in [5.74, 6) is -0.404. The Morgan fingerprint density at radius 1 is 1.03 bits per heavy atom. The largest absolute Gasteiger partial charge is 0.350 e. The number of anilines is 1. The minimum atomic E-state index is -3.73. The maximum absolute atomic E-state index is 12.8. The summed E-state index contributed by atoms with van der Waals surface area (Å²) >= 11 is 12.0. The van der Waals surface area contributed by atoms with Gasteiger partial charge in [0, 0.05) is 13.1 Å². The highest BCUT2D eigenvalue weighted by atomic mass is 35.5. The first-order valence-electron chi connectivity index (χ1n) is 10.7. The van der Waals surface area contributed by atoms with Crippen LogP contribution in [0.4, 0.5) is 5.69 Å². The van der Waals surface area contributed by atoms with Crippen molar-refractivity contribution < 1.29 is 13.2 Å². The molecule has 1 fully saturated rings. The lowest BCUT2D eigenvalue weighted by Gasteiger charge is -2.28. The van der Waals surface area contributed by atoms with Gasteiger partial charge in [-0.2, -0.15) is 0 Å². The predicted molar refractivity (Wildman–Crippen MR) is 131 cm³/mol. The fraction of sp³-hybridized carbons (Fsp3) is 0.435. The van der Waals surface area contributed by atoms with E-state index in [1.807, 2.05) is 12.1 Å². The van der Waals surface area contributed by atoms with Gasteiger partial charge in [0.05, 0.1) is 22.0 Å². The number of amides is 1. The van der Waals surface area contributed by atoms with Crippen molar-refractivity contribution in [3.8, 4) is 0 Å². The number of carbonyl (C=O) groups excluding carboxylic acids is 1. The number of halogens is 2. The van der Waals surface area contributed by atoms with Gasteiger partial charge in [-0.3, -0.25) is 14.0 Å². The van der Waals surface area contributed by atoms with Gasteiger partial charge in [0.1, 0.15) is 6.04 Å². The molecule has 0 unspecified atom stereocenters. The number of likely N-dealkylation sites (tertiary alicyclic amines) is 1. The van der Waals surface area contributed by atoms with E-state index in [1.54, 1.807) is 6.92 Å². The normalized spacial score (nSPS) is 15.9. The first-order chi connectivity index (χ1) is 15.1. The molecule has 1 N–H and O–H groups in total. The van der Waals surface area contributed by atoms with Crippen LogP contribution in [0.3, 0.4) is 0 Å². The number of carbonyl (C=O) groups is 1. The van der Waals surface area contributed by atoms with Crippen LogP contribution in [-0.2, 0) is 27.9 Å². The van der Waals surface area contributed by atoms with Crippen molar-refractivity contribution in [3.05, 3.63) is 63.6 Å². The van der Waals surface area contributed by atoms with Crippen LogP contribution in [0.25, 0.3) is 0 Å². The summed E-state index contributed by atoms with van der Waals surface area (Å²) < 4.78 is 25.9. The molecule has 0 spiro atoms. The number of piperidine rings is 1. The average Bonchev–Trinajstić information content (AvgIpc) is 2.75. The molecule has 9 heteroatoms. The van der Waals surface area contributed by atoms with Gasteiger partial charge in [-0.15, -0.1) is 0 Å². The van der Waals surface area contributed by atoms with E-state index in [1.165, 1.54) is 43.0 Å². The van der Waals surface area contributed by atoms with Gasteiger partial charge < -0.3 is 5.32 Å². The highest BCUT2D eigenvalue weighted by molar-refractivity contribution is 7.92. The zero-order chi connectivity index (χ0) is 23.3. The smallest absolute Gasteiger partial charge is 0.243 e. The van der Waals surface area contributed by atoms with E-state index in [2.05, 4.69) is 22.3 Å². The first-order valence-corrected chi connectivity index (χ1v) is 13.3. The van der Waals surface area contributed by atoms with E-state index in [-0.39, 0.29) is 10.7 Å². The van der Waals surface area contributed by atoms with Gasteiger partial charge in [0.25, 0.3) is 0 Å². The number of hydrogen-bond donors (Lipinski definition) is 1. The van der Waals surface area contributed by atoms with Gasteiger partial charge in [-0.1, -0.05) is 53.9 Å². The molecule has 2 aromatic rings. The Bertz CT molecular complexity index is 1040. The molecule has 1 atom stereocenters. The average molecular weight is 498 g/mol. The molecule has 1 aliphatic rings. The third-order valence-electron chi connectivity index (χ3n) is 5.59. The Hall–Kier alpha value is -1.80. The maximum atomic E-state index is 12.8. The molecule has 1 heterocycles. The van der Waals surface area contributed by atoms with Crippen LogP contribution in [-0.4, -0.2) is 44.6 Å². The van der Waals surface area contributed by atoms with Gasteiger partial charge in [0.15, 0.2) is 0 Å². The van der Waals surface area contributed by atoms with Gasteiger partial charge in [-0.05, 0) is 62.2 Å². The summed E-state index contributed by atoms with van der Waals surface area (Å²) in [6, 6.07) is 11.7. The molecule has 6 nitrogen and oxygen atoms in total. The van der Waals surface area contributed by atoms with E-state index in [0.717, 1.165) is 35.8 Å².